The van der Waals surface area contributed by atoms with Crippen LogP contribution in [0.2, 0.25) is 0 Å². The second-order valence-corrected chi connectivity index (χ2v) is 6.44. The Bertz CT molecular complexity index is 453. The smallest absolute Gasteiger partial charge is 0.254 e. The van der Waals surface area contributed by atoms with Gasteiger partial charge in [-0.3, -0.25) is 4.79 Å². The largest absolute Gasteiger partial charge is 0.339 e. The number of hydrogen-bond acceptors (Lipinski definition) is 2. The molecular formula is C15H21IN2O. The van der Waals surface area contributed by atoms with Crippen LogP contribution < -0.4 is 5.32 Å². The van der Waals surface area contributed by atoms with E-state index in [1.807, 2.05) is 31.0 Å². The molecule has 3 nitrogen and oxygen atoms in total. The molecule has 1 heterocycles. The maximum atomic E-state index is 12.5. The Balaban J connectivity index is 2.03. The lowest BCUT2D eigenvalue weighted by atomic mass is 9.96. The van der Waals surface area contributed by atoms with Gasteiger partial charge < -0.3 is 10.2 Å². The normalized spacial score (nSPS) is 16.7. The van der Waals surface area contributed by atoms with Gasteiger partial charge in [0, 0.05) is 16.7 Å². The maximum absolute atomic E-state index is 12.5. The fraction of sp³-hybridized carbons (Fsp3) is 0.533. The summed E-state index contributed by atoms with van der Waals surface area (Å²) in [6.07, 6.45) is 2.21. The third-order valence-corrected chi connectivity index (χ3v) is 4.69. The number of benzene rings is 1. The van der Waals surface area contributed by atoms with Crippen LogP contribution in [0.4, 0.5) is 0 Å². The van der Waals surface area contributed by atoms with Crippen LogP contribution in [0.5, 0.6) is 0 Å². The molecule has 1 fully saturated rings. The number of rotatable bonds is 3. The van der Waals surface area contributed by atoms with E-state index in [2.05, 4.69) is 34.0 Å². The molecule has 1 saturated heterocycles. The highest BCUT2D eigenvalue weighted by molar-refractivity contribution is 14.1. The molecule has 0 aliphatic carbocycles. The maximum Gasteiger partial charge on any atom is 0.254 e. The van der Waals surface area contributed by atoms with Crippen LogP contribution in [0.15, 0.2) is 18.2 Å². The van der Waals surface area contributed by atoms with Gasteiger partial charge >= 0.3 is 0 Å². The Kier molecular flexibility index (Phi) is 5.21. The molecule has 0 spiro atoms. The molecule has 2 rings (SSSR count). The Morgan fingerprint density at radius 2 is 2.11 bits per heavy atom. The molecule has 0 unspecified atom stereocenters. The van der Waals surface area contributed by atoms with Gasteiger partial charge in [-0.2, -0.15) is 0 Å². The highest BCUT2D eigenvalue weighted by Gasteiger charge is 2.24. The van der Waals surface area contributed by atoms with Crippen LogP contribution in [-0.2, 0) is 0 Å². The molecule has 1 amide bonds. The zero-order valence-corrected chi connectivity index (χ0v) is 13.7. The lowest BCUT2D eigenvalue weighted by Gasteiger charge is -2.32. The third-order valence-electron chi connectivity index (χ3n) is 3.75. The lowest BCUT2D eigenvalue weighted by molar-refractivity contribution is 0.0689. The summed E-state index contributed by atoms with van der Waals surface area (Å²) in [5.74, 6) is 0.904. The number of aryl methyl sites for hydroxylation is 1. The molecule has 4 heteroatoms. The van der Waals surface area contributed by atoms with Gasteiger partial charge in [-0.15, -0.1) is 0 Å². The zero-order valence-electron chi connectivity index (χ0n) is 11.6. The van der Waals surface area contributed by atoms with Crippen molar-refractivity contribution in [3.05, 3.63) is 32.9 Å². The van der Waals surface area contributed by atoms with Gasteiger partial charge in [0.05, 0.1) is 5.56 Å². The lowest BCUT2D eigenvalue weighted by Crippen LogP contribution is -2.40. The molecule has 1 aliphatic rings. The summed E-state index contributed by atoms with van der Waals surface area (Å²) in [6, 6.07) is 6.08. The number of carbonyl (C=O) groups excluding carboxylic acids is 1. The highest BCUT2D eigenvalue weighted by atomic mass is 127. The monoisotopic (exact) mass is 372 g/mol. The second kappa shape index (κ2) is 6.70. The van der Waals surface area contributed by atoms with E-state index < -0.39 is 0 Å². The highest BCUT2D eigenvalue weighted by Crippen LogP contribution is 2.21. The molecule has 1 aliphatic heterocycles. The van der Waals surface area contributed by atoms with Crippen LogP contribution in [0, 0.1) is 16.4 Å². The van der Waals surface area contributed by atoms with E-state index in [-0.39, 0.29) is 5.91 Å². The van der Waals surface area contributed by atoms with Crippen molar-refractivity contribution in [1.29, 1.82) is 0 Å². The number of likely N-dealkylation sites (tertiary alicyclic amines) is 1. The fourth-order valence-electron chi connectivity index (χ4n) is 2.60. The summed E-state index contributed by atoms with van der Waals surface area (Å²) in [5, 5.41) is 3.23. The molecule has 0 atom stereocenters. The number of piperidine rings is 1. The van der Waals surface area contributed by atoms with Crippen LogP contribution in [0.1, 0.15) is 28.8 Å². The van der Waals surface area contributed by atoms with E-state index in [0.717, 1.165) is 47.2 Å². The van der Waals surface area contributed by atoms with Crippen molar-refractivity contribution in [2.75, 3.05) is 26.7 Å². The standard InChI is InChI=1S/C15H21IN2O/c1-11-3-4-14(16)13(9-11)15(19)18-7-5-12(6-8-18)10-17-2/h3-4,9,12,17H,5-8,10H2,1-2H3. The van der Waals surface area contributed by atoms with Crippen molar-refractivity contribution in [2.24, 2.45) is 5.92 Å². The van der Waals surface area contributed by atoms with Gasteiger partial charge in [0.1, 0.15) is 0 Å². The molecule has 0 aromatic heterocycles. The minimum atomic E-state index is 0.191. The minimum Gasteiger partial charge on any atom is -0.339 e. The SMILES string of the molecule is CNCC1CCN(C(=O)c2cc(C)ccc2I)CC1. The van der Waals surface area contributed by atoms with Crippen molar-refractivity contribution in [3.63, 3.8) is 0 Å². The summed E-state index contributed by atoms with van der Waals surface area (Å²) in [5.41, 5.74) is 2.00. The summed E-state index contributed by atoms with van der Waals surface area (Å²) in [4.78, 5) is 14.5. The van der Waals surface area contributed by atoms with Crippen LogP contribution in [-0.4, -0.2) is 37.5 Å². The summed E-state index contributed by atoms with van der Waals surface area (Å²) in [6.45, 7) is 4.86. The number of carbonyl (C=O) groups is 1. The fourth-order valence-corrected chi connectivity index (χ4v) is 3.17. The van der Waals surface area contributed by atoms with E-state index in [0.29, 0.717) is 5.92 Å². The van der Waals surface area contributed by atoms with Gasteiger partial charge in [0.2, 0.25) is 0 Å². The summed E-state index contributed by atoms with van der Waals surface area (Å²) >= 11 is 2.25. The van der Waals surface area contributed by atoms with E-state index in [9.17, 15) is 4.79 Å². The average molecular weight is 372 g/mol. The number of nitrogens with zero attached hydrogens (tertiary/aromatic N) is 1. The molecule has 1 aromatic carbocycles. The van der Waals surface area contributed by atoms with Crippen LogP contribution in [0.25, 0.3) is 0 Å². The molecule has 0 bridgehead atoms. The first-order chi connectivity index (χ1) is 9.11. The van der Waals surface area contributed by atoms with Gasteiger partial charge in [-0.05, 0) is 74.0 Å². The Morgan fingerprint density at radius 3 is 2.74 bits per heavy atom. The Morgan fingerprint density at radius 1 is 1.42 bits per heavy atom. The van der Waals surface area contributed by atoms with Crippen molar-refractivity contribution in [2.45, 2.75) is 19.8 Å². The molecule has 0 saturated carbocycles. The van der Waals surface area contributed by atoms with Crippen LogP contribution in [0.3, 0.4) is 0 Å². The predicted molar refractivity (Wildman–Crippen MR) is 86.5 cm³/mol. The topological polar surface area (TPSA) is 32.3 Å². The summed E-state index contributed by atoms with van der Waals surface area (Å²) in [7, 11) is 1.99. The molecule has 0 radical (unpaired) electrons. The van der Waals surface area contributed by atoms with E-state index in [1.54, 1.807) is 0 Å². The first kappa shape index (κ1) is 14.8. The van der Waals surface area contributed by atoms with Crippen molar-refractivity contribution < 1.29 is 4.79 Å². The van der Waals surface area contributed by atoms with E-state index in [1.165, 1.54) is 0 Å². The molecule has 1 N–H and O–H groups in total. The van der Waals surface area contributed by atoms with Gasteiger partial charge in [0.25, 0.3) is 5.91 Å². The number of nitrogens with one attached hydrogen (secondary N) is 1. The van der Waals surface area contributed by atoms with Gasteiger partial charge in [0.15, 0.2) is 0 Å². The molecule has 104 valence electrons. The zero-order chi connectivity index (χ0) is 13.8. The van der Waals surface area contributed by atoms with Gasteiger partial charge in [-0.25, -0.2) is 0 Å². The van der Waals surface area contributed by atoms with Crippen molar-refractivity contribution in [3.8, 4) is 0 Å². The molecular weight excluding hydrogens is 351 g/mol. The third kappa shape index (κ3) is 3.69. The number of amides is 1. The minimum absolute atomic E-state index is 0.191. The summed E-state index contributed by atoms with van der Waals surface area (Å²) < 4.78 is 1.05. The van der Waals surface area contributed by atoms with Crippen molar-refractivity contribution in [1.82, 2.24) is 10.2 Å². The predicted octanol–water partition coefficient (Wildman–Crippen LogP) is 2.67. The first-order valence-electron chi connectivity index (χ1n) is 6.82. The first-order valence-corrected chi connectivity index (χ1v) is 7.89. The average Bonchev–Trinajstić information content (AvgIpc) is 2.42. The molecule has 19 heavy (non-hydrogen) atoms. The van der Waals surface area contributed by atoms with Crippen molar-refractivity contribution >= 4 is 28.5 Å². The second-order valence-electron chi connectivity index (χ2n) is 5.28. The number of hydrogen-bond donors (Lipinski definition) is 1. The number of halogens is 1. The van der Waals surface area contributed by atoms with Crippen LogP contribution >= 0.6 is 22.6 Å². The quantitative estimate of drug-likeness (QED) is 0.828. The Labute approximate surface area is 128 Å². The van der Waals surface area contributed by atoms with Gasteiger partial charge in [-0.1, -0.05) is 11.6 Å². The van der Waals surface area contributed by atoms with E-state index in [4.69, 9.17) is 0 Å². The van der Waals surface area contributed by atoms with E-state index >= 15 is 0 Å². The Hall–Kier alpha value is -0.620. The molecule has 1 aromatic rings.